The highest BCUT2D eigenvalue weighted by Crippen LogP contribution is 2.09. The minimum absolute atomic E-state index is 0.0762. The van der Waals surface area contributed by atoms with E-state index < -0.39 is 0 Å². The fourth-order valence-electron chi connectivity index (χ4n) is 1.50. The van der Waals surface area contributed by atoms with Gasteiger partial charge in [-0.2, -0.15) is 0 Å². The lowest BCUT2D eigenvalue weighted by Gasteiger charge is -2.23. The van der Waals surface area contributed by atoms with E-state index in [1.54, 1.807) is 4.90 Å². The standard InChI is InChI=1S/C10H18N2O2/c1-10(2,3)11-8(13)7-12-6-4-5-9(12)14/h4-7H2,1-3H3,(H,11,13). The Balaban J connectivity index is 2.37. The quantitative estimate of drug-likeness (QED) is 0.703. The van der Waals surface area contributed by atoms with Crippen molar-refractivity contribution >= 4 is 11.8 Å². The average Bonchev–Trinajstić information content (AvgIpc) is 2.32. The van der Waals surface area contributed by atoms with Gasteiger partial charge in [0.15, 0.2) is 0 Å². The molecule has 2 amide bonds. The summed E-state index contributed by atoms with van der Waals surface area (Å²) >= 11 is 0. The number of carbonyl (C=O) groups is 2. The second kappa shape index (κ2) is 3.98. The molecule has 14 heavy (non-hydrogen) atoms. The Morgan fingerprint density at radius 2 is 2.14 bits per heavy atom. The third-order valence-corrected chi connectivity index (χ3v) is 2.02. The Morgan fingerprint density at radius 3 is 2.57 bits per heavy atom. The molecule has 1 aliphatic heterocycles. The van der Waals surface area contributed by atoms with Crippen LogP contribution in [0.4, 0.5) is 0 Å². The fourth-order valence-corrected chi connectivity index (χ4v) is 1.50. The molecular weight excluding hydrogens is 180 g/mol. The molecule has 1 fully saturated rings. The smallest absolute Gasteiger partial charge is 0.240 e. The molecule has 80 valence electrons. The minimum atomic E-state index is -0.222. The number of hydrogen-bond acceptors (Lipinski definition) is 2. The molecule has 1 rings (SSSR count). The van der Waals surface area contributed by atoms with Crippen molar-refractivity contribution in [2.24, 2.45) is 0 Å². The molecule has 1 N–H and O–H groups in total. The monoisotopic (exact) mass is 198 g/mol. The second-order valence-corrected chi connectivity index (χ2v) is 4.72. The first-order chi connectivity index (χ1) is 6.38. The Labute approximate surface area is 84.7 Å². The maximum Gasteiger partial charge on any atom is 0.240 e. The summed E-state index contributed by atoms with van der Waals surface area (Å²) in [5.74, 6) is 0.0156. The van der Waals surface area contributed by atoms with Gasteiger partial charge in [-0.3, -0.25) is 9.59 Å². The van der Waals surface area contributed by atoms with Gasteiger partial charge in [0.2, 0.25) is 11.8 Å². The summed E-state index contributed by atoms with van der Waals surface area (Å²) in [5.41, 5.74) is -0.222. The Morgan fingerprint density at radius 1 is 1.50 bits per heavy atom. The van der Waals surface area contributed by atoms with Crippen molar-refractivity contribution < 1.29 is 9.59 Å². The molecule has 0 radical (unpaired) electrons. The average molecular weight is 198 g/mol. The lowest BCUT2D eigenvalue weighted by Crippen LogP contribution is -2.46. The van der Waals surface area contributed by atoms with Crippen molar-refractivity contribution in [3.63, 3.8) is 0 Å². The van der Waals surface area contributed by atoms with Crippen molar-refractivity contribution in [1.82, 2.24) is 10.2 Å². The molecule has 1 saturated heterocycles. The molecule has 0 spiro atoms. The van der Waals surface area contributed by atoms with Gasteiger partial charge < -0.3 is 10.2 Å². The van der Waals surface area contributed by atoms with Gasteiger partial charge >= 0.3 is 0 Å². The van der Waals surface area contributed by atoms with Crippen molar-refractivity contribution in [3.8, 4) is 0 Å². The molecule has 0 aromatic rings. The second-order valence-electron chi connectivity index (χ2n) is 4.72. The molecule has 0 aromatic heterocycles. The first kappa shape index (κ1) is 11.0. The van der Waals surface area contributed by atoms with Crippen LogP contribution >= 0.6 is 0 Å². The maximum absolute atomic E-state index is 11.5. The number of amides is 2. The van der Waals surface area contributed by atoms with E-state index >= 15 is 0 Å². The van der Waals surface area contributed by atoms with Crippen LogP contribution in [0.1, 0.15) is 33.6 Å². The molecule has 4 heteroatoms. The van der Waals surface area contributed by atoms with Crippen molar-refractivity contribution in [2.75, 3.05) is 13.1 Å². The summed E-state index contributed by atoms with van der Waals surface area (Å²) in [5, 5.41) is 2.83. The van der Waals surface area contributed by atoms with Crippen molar-refractivity contribution in [2.45, 2.75) is 39.2 Å². The van der Waals surface area contributed by atoms with Crippen LogP contribution in [0.2, 0.25) is 0 Å². The van der Waals surface area contributed by atoms with Gasteiger partial charge in [0, 0.05) is 18.5 Å². The Hall–Kier alpha value is -1.06. The lowest BCUT2D eigenvalue weighted by atomic mass is 10.1. The van der Waals surface area contributed by atoms with Gasteiger partial charge in [0.05, 0.1) is 6.54 Å². The van der Waals surface area contributed by atoms with Gasteiger partial charge in [-0.15, -0.1) is 0 Å². The molecule has 0 saturated carbocycles. The number of hydrogen-bond donors (Lipinski definition) is 1. The van der Waals surface area contributed by atoms with Crippen LogP contribution in [0.25, 0.3) is 0 Å². The van der Waals surface area contributed by atoms with E-state index in [-0.39, 0.29) is 23.9 Å². The molecule has 4 nitrogen and oxygen atoms in total. The molecule has 0 atom stereocenters. The molecule has 1 aliphatic rings. The zero-order valence-corrected chi connectivity index (χ0v) is 9.09. The van der Waals surface area contributed by atoms with Crippen LogP contribution in [0.5, 0.6) is 0 Å². The van der Waals surface area contributed by atoms with Gasteiger partial charge in [-0.25, -0.2) is 0 Å². The molecular formula is C10H18N2O2. The summed E-state index contributed by atoms with van der Waals surface area (Å²) in [7, 11) is 0. The summed E-state index contributed by atoms with van der Waals surface area (Å²) < 4.78 is 0. The number of likely N-dealkylation sites (tertiary alicyclic amines) is 1. The van der Waals surface area contributed by atoms with Crippen LogP contribution in [-0.2, 0) is 9.59 Å². The van der Waals surface area contributed by atoms with Gasteiger partial charge in [-0.05, 0) is 27.2 Å². The predicted octanol–water partition coefficient (Wildman–Crippen LogP) is 0.523. The van der Waals surface area contributed by atoms with E-state index in [1.807, 2.05) is 20.8 Å². The van der Waals surface area contributed by atoms with Gasteiger partial charge in [0.1, 0.15) is 0 Å². The summed E-state index contributed by atoms with van der Waals surface area (Å²) in [6, 6.07) is 0. The van der Waals surface area contributed by atoms with Crippen LogP contribution < -0.4 is 5.32 Å². The predicted molar refractivity (Wildman–Crippen MR) is 53.7 cm³/mol. The van der Waals surface area contributed by atoms with E-state index in [4.69, 9.17) is 0 Å². The lowest BCUT2D eigenvalue weighted by molar-refractivity contribution is -0.133. The SMILES string of the molecule is CC(C)(C)NC(=O)CN1CCCC1=O. The Kier molecular flexibility index (Phi) is 3.13. The van der Waals surface area contributed by atoms with Crippen LogP contribution in [-0.4, -0.2) is 35.3 Å². The normalized spacial score (nSPS) is 17.4. The Bertz CT molecular complexity index is 243. The van der Waals surface area contributed by atoms with Gasteiger partial charge in [-0.1, -0.05) is 0 Å². The van der Waals surface area contributed by atoms with Gasteiger partial charge in [0.25, 0.3) is 0 Å². The minimum Gasteiger partial charge on any atom is -0.350 e. The van der Waals surface area contributed by atoms with Crippen LogP contribution in [0.15, 0.2) is 0 Å². The zero-order chi connectivity index (χ0) is 10.8. The number of nitrogens with one attached hydrogen (secondary N) is 1. The molecule has 0 unspecified atom stereocenters. The third-order valence-electron chi connectivity index (χ3n) is 2.02. The topological polar surface area (TPSA) is 49.4 Å². The van der Waals surface area contributed by atoms with E-state index in [0.29, 0.717) is 6.42 Å². The summed E-state index contributed by atoms with van der Waals surface area (Å²) in [6.07, 6.45) is 1.46. The highest BCUT2D eigenvalue weighted by molar-refractivity contribution is 5.86. The van der Waals surface area contributed by atoms with E-state index in [1.165, 1.54) is 0 Å². The van der Waals surface area contributed by atoms with E-state index in [9.17, 15) is 9.59 Å². The highest BCUT2D eigenvalue weighted by atomic mass is 16.2. The first-order valence-electron chi connectivity index (χ1n) is 4.97. The van der Waals surface area contributed by atoms with Crippen LogP contribution in [0, 0.1) is 0 Å². The number of carbonyl (C=O) groups excluding carboxylic acids is 2. The highest BCUT2D eigenvalue weighted by Gasteiger charge is 2.23. The number of nitrogens with zero attached hydrogens (tertiary/aromatic N) is 1. The number of rotatable bonds is 2. The summed E-state index contributed by atoms with van der Waals surface area (Å²) in [4.78, 5) is 24.3. The van der Waals surface area contributed by atoms with Crippen LogP contribution in [0.3, 0.4) is 0 Å². The van der Waals surface area contributed by atoms with E-state index in [0.717, 1.165) is 13.0 Å². The fraction of sp³-hybridized carbons (Fsp3) is 0.800. The maximum atomic E-state index is 11.5. The first-order valence-corrected chi connectivity index (χ1v) is 4.97. The van der Waals surface area contributed by atoms with Crippen molar-refractivity contribution in [3.05, 3.63) is 0 Å². The largest absolute Gasteiger partial charge is 0.350 e. The molecule has 0 aromatic carbocycles. The third kappa shape index (κ3) is 3.36. The summed E-state index contributed by atoms with van der Waals surface area (Å²) in [6.45, 7) is 6.70. The zero-order valence-electron chi connectivity index (χ0n) is 9.09. The van der Waals surface area contributed by atoms with Crippen molar-refractivity contribution in [1.29, 1.82) is 0 Å². The molecule has 0 bridgehead atoms. The molecule has 0 aliphatic carbocycles. The molecule has 1 heterocycles. The van der Waals surface area contributed by atoms with E-state index in [2.05, 4.69) is 5.32 Å².